The predicted molar refractivity (Wildman–Crippen MR) is 75.8 cm³/mol. The number of pyridine rings is 1. The van der Waals surface area contributed by atoms with Crippen molar-refractivity contribution in [2.45, 2.75) is 19.8 Å². The number of amides is 1. The maximum absolute atomic E-state index is 11.4. The van der Waals surface area contributed by atoms with E-state index >= 15 is 0 Å². The van der Waals surface area contributed by atoms with Crippen LogP contribution in [0.25, 0.3) is 10.9 Å². The van der Waals surface area contributed by atoms with Crippen molar-refractivity contribution in [2.24, 2.45) is 5.92 Å². The molecule has 2 heterocycles. The van der Waals surface area contributed by atoms with Crippen LogP contribution in [0.2, 0.25) is 0 Å². The van der Waals surface area contributed by atoms with Crippen molar-refractivity contribution in [2.75, 3.05) is 13.1 Å². The van der Waals surface area contributed by atoms with Crippen molar-refractivity contribution in [1.82, 2.24) is 9.88 Å². The number of carbonyl (C=O) groups is 1. The predicted octanol–water partition coefficient (Wildman–Crippen LogP) is 2.65. The lowest BCUT2D eigenvalue weighted by Gasteiger charge is -2.14. The van der Waals surface area contributed by atoms with Gasteiger partial charge in [-0.1, -0.05) is 18.2 Å². The van der Waals surface area contributed by atoms with E-state index in [2.05, 4.69) is 29.2 Å². The number of nitrogens with zero attached hydrogens (tertiary/aromatic N) is 2. The van der Waals surface area contributed by atoms with Gasteiger partial charge in [0.2, 0.25) is 5.91 Å². The number of benzene rings is 1. The fourth-order valence-corrected chi connectivity index (χ4v) is 2.94. The van der Waals surface area contributed by atoms with Gasteiger partial charge < -0.3 is 4.90 Å². The molecule has 0 unspecified atom stereocenters. The van der Waals surface area contributed by atoms with Crippen LogP contribution in [0.3, 0.4) is 0 Å². The van der Waals surface area contributed by atoms with Gasteiger partial charge >= 0.3 is 0 Å². The highest BCUT2D eigenvalue weighted by atomic mass is 16.2. The first-order valence-electron chi connectivity index (χ1n) is 6.82. The van der Waals surface area contributed by atoms with Gasteiger partial charge in [0.25, 0.3) is 0 Å². The normalized spacial score (nSPS) is 19.0. The van der Waals surface area contributed by atoms with Gasteiger partial charge in [0.1, 0.15) is 0 Å². The first-order valence-corrected chi connectivity index (χ1v) is 6.82. The van der Waals surface area contributed by atoms with Gasteiger partial charge in [-0.3, -0.25) is 9.78 Å². The molecule has 1 aliphatic rings. The van der Waals surface area contributed by atoms with Crippen molar-refractivity contribution in [3.8, 4) is 0 Å². The third kappa shape index (κ3) is 2.46. The minimum atomic E-state index is 0.196. The Hall–Kier alpha value is -1.90. The van der Waals surface area contributed by atoms with Crippen molar-refractivity contribution in [3.05, 3.63) is 42.1 Å². The molecule has 1 atom stereocenters. The largest absolute Gasteiger partial charge is 0.343 e. The van der Waals surface area contributed by atoms with E-state index in [1.807, 2.05) is 17.2 Å². The van der Waals surface area contributed by atoms with E-state index in [4.69, 9.17) is 0 Å². The van der Waals surface area contributed by atoms with Crippen molar-refractivity contribution in [1.29, 1.82) is 0 Å². The molecule has 0 N–H and O–H groups in total. The molecule has 0 bridgehead atoms. The summed E-state index contributed by atoms with van der Waals surface area (Å²) in [6.45, 7) is 3.46. The molecule has 1 aromatic carbocycles. The van der Waals surface area contributed by atoms with Crippen molar-refractivity contribution in [3.63, 3.8) is 0 Å². The molecule has 1 amide bonds. The Morgan fingerprint density at radius 3 is 3.05 bits per heavy atom. The second kappa shape index (κ2) is 5.00. The Balaban J connectivity index is 1.81. The summed E-state index contributed by atoms with van der Waals surface area (Å²) in [4.78, 5) is 17.7. The second-order valence-corrected chi connectivity index (χ2v) is 5.31. The number of carbonyl (C=O) groups excluding carboxylic acids is 1. The Kier molecular flexibility index (Phi) is 3.20. The van der Waals surface area contributed by atoms with E-state index < -0.39 is 0 Å². The SMILES string of the molecule is CC(=O)N1CC[C@@H](Cc2cccc3ncccc23)C1. The summed E-state index contributed by atoms with van der Waals surface area (Å²) in [5.41, 5.74) is 2.41. The molecule has 3 heteroatoms. The zero-order valence-corrected chi connectivity index (χ0v) is 11.2. The molecule has 0 radical (unpaired) electrons. The van der Waals surface area contributed by atoms with Crippen molar-refractivity contribution >= 4 is 16.8 Å². The Bertz CT molecular complexity index is 603. The van der Waals surface area contributed by atoms with E-state index in [9.17, 15) is 4.79 Å². The maximum Gasteiger partial charge on any atom is 0.219 e. The van der Waals surface area contributed by atoms with Crippen LogP contribution in [0.5, 0.6) is 0 Å². The summed E-state index contributed by atoms with van der Waals surface area (Å²) in [7, 11) is 0. The zero-order valence-electron chi connectivity index (χ0n) is 11.2. The molecule has 1 aromatic heterocycles. The van der Waals surface area contributed by atoms with Gasteiger partial charge in [0, 0.05) is 31.6 Å². The smallest absolute Gasteiger partial charge is 0.219 e. The van der Waals surface area contributed by atoms with E-state index in [0.29, 0.717) is 5.92 Å². The van der Waals surface area contributed by atoms with E-state index in [1.165, 1.54) is 10.9 Å². The number of hydrogen-bond donors (Lipinski definition) is 0. The summed E-state index contributed by atoms with van der Waals surface area (Å²) in [6.07, 6.45) is 3.97. The molecule has 1 aliphatic heterocycles. The van der Waals surface area contributed by atoms with Crippen LogP contribution < -0.4 is 0 Å². The maximum atomic E-state index is 11.4. The Labute approximate surface area is 113 Å². The van der Waals surface area contributed by atoms with Crippen LogP contribution in [0.15, 0.2) is 36.5 Å². The van der Waals surface area contributed by atoms with Crippen LogP contribution in [0.4, 0.5) is 0 Å². The van der Waals surface area contributed by atoms with Gasteiger partial charge in [0.15, 0.2) is 0 Å². The summed E-state index contributed by atoms with van der Waals surface area (Å²) >= 11 is 0. The monoisotopic (exact) mass is 254 g/mol. The summed E-state index contributed by atoms with van der Waals surface area (Å²) < 4.78 is 0. The lowest BCUT2D eigenvalue weighted by atomic mass is 9.96. The highest BCUT2D eigenvalue weighted by Crippen LogP contribution is 2.24. The standard InChI is InChI=1S/C16H18N2O/c1-12(19)18-9-7-13(11-18)10-14-4-2-6-16-15(14)5-3-8-17-16/h2-6,8,13H,7,9-11H2,1H3/t13-/m0/s1. The first-order chi connectivity index (χ1) is 9.24. The molecule has 0 saturated carbocycles. The van der Waals surface area contributed by atoms with Crippen LogP contribution in [-0.4, -0.2) is 28.9 Å². The molecule has 3 nitrogen and oxygen atoms in total. The fourth-order valence-electron chi connectivity index (χ4n) is 2.94. The molecule has 1 saturated heterocycles. The molecule has 0 aliphatic carbocycles. The van der Waals surface area contributed by atoms with E-state index in [1.54, 1.807) is 6.92 Å². The van der Waals surface area contributed by atoms with Gasteiger partial charge in [-0.25, -0.2) is 0 Å². The molecular weight excluding hydrogens is 236 g/mol. The highest BCUT2D eigenvalue weighted by molar-refractivity contribution is 5.82. The molecule has 3 rings (SSSR count). The molecule has 1 fully saturated rings. The number of aromatic nitrogens is 1. The number of hydrogen-bond acceptors (Lipinski definition) is 2. The molecular formula is C16H18N2O. The van der Waals surface area contributed by atoms with Gasteiger partial charge in [-0.15, -0.1) is 0 Å². The quantitative estimate of drug-likeness (QED) is 0.825. The summed E-state index contributed by atoms with van der Waals surface area (Å²) in [5.74, 6) is 0.775. The summed E-state index contributed by atoms with van der Waals surface area (Å²) in [6, 6.07) is 10.4. The first kappa shape index (κ1) is 12.2. The van der Waals surface area contributed by atoms with Crippen molar-refractivity contribution < 1.29 is 4.79 Å². The average molecular weight is 254 g/mol. The van der Waals surface area contributed by atoms with Crippen LogP contribution >= 0.6 is 0 Å². The highest BCUT2D eigenvalue weighted by Gasteiger charge is 2.24. The third-order valence-electron chi connectivity index (χ3n) is 3.98. The lowest BCUT2D eigenvalue weighted by Crippen LogP contribution is -2.26. The molecule has 98 valence electrons. The van der Waals surface area contributed by atoms with Crippen LogP contribution in [-0.2, 0) is 11.2 Å². The lowest BCUT2D eigenvalue weighted by molar-refractivity contribution is -0.127. The second-order valence-electron chi connectivity index (χ2n) is 5.31. The molecule has 19 heavy (non-hydrogen) atoms. The topological polar surface area (TPSA) is 33.2 Å². The average Bonchev–Trinajstić information content (AvgIpc) is 2.88. The Morgan fingerprint density at radius 1 is 1.37 bits per heavy atom. The molecule has 0 spiro atoms. The fraction of sp³-hybridized carbons (Fsp3) is 0.375. The van der Waals surface area contributed by atoms with Gasteiger partial charge in [-0.2, -0.15) is 0 Å². The van der Waals surface area contributed by atoms with E-state index in [-0.39, 0.29) is 5.91 Å². The third-order valence-corrected chi connectivity index (χ3v) is 3.98. The summed E-state index contributed by atoms with van der Waals surface area (Å²) in [5, 5.41) is 1.24. The number of rotatable bonds is 2. The van der Waals surface area contributed by atoms with Gasteiger partial charge in [0.05, 0.1) is 5.52 Å². The van der Waals surface area contributed by atoms with Crippen LogP contribution in [0.1, 0.15) is 18.9 Å². The number of likely N-dealkylation sites (tertiary alicyclic amines) is 1. The minimum Gasteiger partial charge on any atom is -0.343 e. The number of fused-ring (bicyclic) bond motifs is 1. The van der Waals surface area contributed by atoms with Crippen LogP contribution in [0, 0.1) is 5.92 Å². The van der Waals surface area contributed by atoms with Gasteiger partial charge in [-0.05, 0) is 36.5 Å². The van der Waals surface area contributed by atoms with E-state index in [0.717, 1.165) is 31.4 Å². The Morgan fingerprint density at radius 2 is 2.26 bits per heavy atom. The minimum absolute atomic E-state index is 0.196. The zero-order chi connectivity index (χ0) is 13.2. The molecule has 2 aromatic rings.